The second kappa shape index (κ2) is 11.4. The van der Waals surface area contributed by atoms with E-state index in [1.54, 1.807) is 31.7 Å². The molecule has 1 aromatic rings. The zero-order valence-corrected chi connectivity index (χ0v) is 20.4. The van der Waals surface area contributed by atoms with Crippen molar-refractivity contribution in [3.8, 4) is 0 Å². The monoisotopic (exact) mass is 486 g/mol. The van der Waals surface area contributed by atoms with Gasteiger partial charge in [0.1, 0.15) is 18.2 Å². The summed E-state index contributed by atoms with van der Waals surface area (Å²) < 4.78 is 10.8. The van der Waals surface area contributed by atoms with Crippen LogP contribution < -0.4 is 5.32 Å². The van der Waals surface area contributed by atoms with Crippen molar-refractivity contribution in [3.05, 3.63) is 48.0 Å². The predicted molar refractivity (Wildman–Crippen MR) is 127 cm³/mol. The predicted octanol–water partition coefficient (Wildman–Crippen LogP) is 3.28. The van der Waals surface area contributed by atoms with Crippen LogP contribution in [0.25, 0.3) is 0 Å². The Morgan fingerprint density at radius 3 is 2.51 bits per heavy atom. The summed E-state index contributed by atoms with van der Waals surface area (Å²) in [5.41, 5.74) is 0.232. The van der Waals surface area contributed by atoms with Gasteiger partial charge in [0.25, 0.3) is 0 Å². The minimum atomic E-state index is -1.09. The number of nitrogens with zero attached hydrogens (tertiary/aromatic N) is 1. The van der Waals surface area contributed by atoms with E-state index in [2.05, 4.69) is 5.32 Å². The average molecular weight is 487 g/mol. The van der Waals surface area contributed by atoms with E-state index in [9.17, 15) is 19.2 Å². The lowest BCUT2D eigenvalue weighted by molar-refractivity contribution is -0.162. The van der Waals surface area contributed by atoms with Crippen molar-refractivity contribution in [2.24, 2.45) is 11.8 Å². The number of hydrogen-bond acceptors (Lipinski definition) is 6. The molecule has 35 heavy (non-hydrogen) atoms. The number of esters is 1. The summed E-state index contributed by atoms with van der Waals surface area (Å²) in [4.78, 5) is 50.8. The van der Waals surface area contributed by atoms with Crippen LogP contribution in [0.5, 0.6) is 0 Å². The molecule has 0 radical (unpaired) electrons. The first kappa shape index (κ1) is 26.2. The molecule has 2 N–H and O–H groups in total. The highest BCUT2D eigenvalue weighted by Crippen LogP contribution is 2.36. The minimum absolute atomic E-state index is 0.105. The zero-order chi connectivity index (χ0) is 25.6. The first-order chi connectivity index (χ1) is 16.5. The molecule has 9 heteroatoms. The Morgan fingerprint density at radius 2 is 1.86 bits per heavy atom. The third kappa shape index (κ3) is 7.56. The van der Waals surface area contributed by atoms with Crippen LogP contribution >= 0.6 is 0 Å². The summed E-state index contributed by atoms with van der Waals surface area (Å²) in [7, 11) is 0. The number of carboxylic acids is 1. The van der Waals surface area contributed by atoms with E-state index >= 15 is 0 Å². The molecular formula is C26H34N2O7. The molecule has 1 aliphatic heterocycles. The van der Waals surface area contributed by atoms with Crippen LogP contribution in [0.2, 0.25) is 0 Å². The van der Waals surface area contributed by atoms with Gasteiger partial charge in [-0.2, -0.15) is 0 Å². The van der Waals surface area contributed by atoms with Gasteiger partial charge >= 0.3 is 18.0 Å². The molecule has 2 fully saturated rings. The molecule has 1 aromatic carbocycles. The number of hydrogen-bond donors (Lipinski definition) is 2. The minimum Gasteiger partial charge on any atom is -0.478 e. The number of carbonyl (C=O) groups is 4. The Labute approximate surface area is 205 Å². The second-order valence-electron chi connectivity index (χ2n) is 10.1. The largest absolute Gasteiger partial charge is 0.478 e. The molecule has 1 heterocycles. The van der Waals surface area contributed by atoms with Crippen LogP contribution in [0.4, 0.5) is 4.79 Å². The molecule has 2 amide bonds. The van der Waals surface area contributed by atoms with Gasteiger partial charge in [-0.25, -0.2) is 9.59 Å². The van der Waals surface area contributed by atoms with Crippen LogP contribution in [-0.2, 0) is 30.5 Å². The Hall–Kier alpha value is -3.36. The molecule has 9 nitrogen and oxygen atoms in total. The number of nitrogens with one attached hydrogen (secondary N) is 1. The molecule has 1 saturated heterocycles. The van der Waals surface area contributed by atoms with Crippen LogP contribution in [0.15, 0.2) is 42.5 Å². The maximum atomic E-state index is 13.1. The SMILES string of the molecule is CC(C)(C)OC(=O)[C@@H]1CC[C@H](N2CCC(NC(=O)OCc3ccccc3)C2=O)C(C=CC(=O)O)C1. The normalized spacial score (nSPS) is 24.9. The highest BCUT2D eigenvalue weighted by molar-refractivity contribution is 5.88. The fourth-order valence-corrected chi connectivity index (χ4v) is 4.66. The number of rotatable bonds is 7. The first-order valence-corrected chi connectivity index (χ1v) is 11.9. The number of aliphatic carboxylic acids is 1. The molecule has 1 saturated carbocycles. The maximum absolute atomic E-state index is 13.1. The summed E-state index contributed by atoms with van der Waals surface area (Å²) in [6.07, 6.45) is 3.86. The van der Waals surface area contributed by atoms with E-state index in [0.717, 1.165) is 11.6 Å². The highest BCUT2D eigenvalue weighted by Gasteiger charge is 2.43. The second-order valence-corrected chi connectivity index (χ2v) is 10.1. The Balaban J connectivity index is 1.61. The number of carboxylic acid groups (broad SMARTS) is 1. The summed E-state index contributed by atoms with van der Waals surface area (Å²) in [5, 5.41) is 11.8. The molecular weight excluding hydrogens is 452 g/mol. The van der Waals surface area contributed by atoms with E-state index in [1.807, 2.05) is 30.3 Å². The quantitative estimate of drug-likeness (QED) is 0.448. The summed E-state index contributed by atoms with van der Waals surface area (Å²) in [6, 6.07) is 8.29. The molecule has 190 valence electrons. The van der Waals surface area contributed by atoms with E-state index in [4.69, 9.17) is 14.6 Å². The van der Waals surface area contributed by atoms with E-state index < -0.39 is 23.7 Å². The van der Waals surface area contributed by atoms with Crippen LogP contribution in [0, 0.1) is 11.8 Å². The fourth-order valence-electron chi connectivity index (χ4n) is 4.66. The van der Waals surface area contributed by atoms with Crippen LogP contribution in [0.1, 0.15) is 52.0 Å². The van der Waals surface area contributed by atoms with Gasteiger partial charge in [-0.05, 0) is 57.9 Å². The molecule has 4 atom stereocenters. The van der Waals surface area contributed by atoms with E-state index in [1.165, 1.54) is 0 Å². The third-order valence-corrected chi connectivity index (χ3v) is 6.23. The topological polar surface area (TPSA) is 122 Å². The van der Waals surface area contributed by atoms with Crippen molar-refractivity contribution < 1.29 is 33.8 Å². The van der Waals surface area contributed by atoms with Crippen molar-refractivity contribution in [3.63, 3.8) is 0 Å². The van der Waals surface area contributed by atoms with Crippen molar-refractivity contribution in [2.75, 3.05) is 6.54 Å². The summed E-state index contributed by atoms with van der Waals surface area (Å²) >= 11 is 0. The first-order valence-electron chi connectivity index (χ1n) is 11.9. The Bertz CT molecular complexity index is 954. The van der Waals surface area contributed by atoms with Crippen molar-refractivity contribution in [1.82, 2.24) is 10.2 Å². The van der Waals surface area contributed by atoms with Gasteiger partial charge in [-0.3, -0.25) is 9.59 Å². The molecule has 2 unspecified atom stereocenters. The lowest BCUT2D eigenvalue weighted by atomic mass is 9.77. The third-order valence-electron chi connectivity index (χ3n) is 6.23. The van der Waals surface area contributed by atoms with Gasteiger partial charge in [0.15, 0.2) is 0 Å². The van der Waals surface area contributed by atoms with E-state index in [-0.39, 0.29) is 36.4 Å². The number of alkyl carbamates (subject to hydrolysis) is 1. The van der Waals surface area contributed by atoms with Gasteiger partial charge in [0.2, 0.25) is 5.91 Å². The number of amides is 2. The van der Waals surface area contributed by atoms with Gasteiger partial charge in [-0.15, -0.1) is 0 Å². The van der Waals surface area contributed by atoms with Crippen molar-refractivity contribution in [2.45, 2.75) is 70.7 Å². The number of benzene rings is 1. The smallest absolute Gasteiger partial charge is 0.408 e. The molecule has 2 aliphatic rings. The lowest BCUT2D eigenvalue weighted by Crippen LogP contribution is -2.49. The summed E-state index contributed by atoms with van der Waals surface area (Å²) in [6.45, 7) is 5.95. The van der Waals surface area contributed by atoms with Crippen LogP contribution in [-0.4, -0.2) is 58.2 Å². The lowest BCUT2D eigenvalue weighted by Gasteiger charge is -2.39. The Morgan fingerprint density at radius 1 is 1.14 bits per heavy atom. The fraction of sp³-hybridized carbons (Fsp3) is 0.538. The molecule has 1 aliphatic carbocycles. The van der Waals surface area contributed by atoms with Gasteiger partial charge in [-0.1, -0.05) is 36.4 Å². The standard InChI is InChI=1S/C26H34N2O7/c1-26(2,3)35-24(32)19-9-11-21(18(15-19)10-12-22(29)30)28-14-13-20(23(28)31)27-25(33)34-16-17-7-5-4-6-8-17/h4-8,10,12,18-21H,9,11,13-16H2,1-3H3,(H,27,33)(H,29,30)/t18?,19-,20?,21+/m1/s1. The van der Waals surface area contributed by atoms with Crippen molar-refractivity contribution in [1.29, 1.82) is 0 Å². The average Bonchev–Trinajstić information content (AvgIpc) is 3.15. The molecule has 3 rings (SSSR count). The zero-order valence-electron chi connectivity index (χ0n) is 20.4. The number of ether oxygens (including phenoxy) is 2. The number of carbonyl (C=O) groups excluding carboxylic acids is 3. The van der Waals surface area contributed by atoms with Gasteiger partial charge < -0.3 is 24.8 Å². The number of likely N-dealkylation sites (tertiary alicyclic amines) is 1. The maximum Gasteiger partial charge on any atom is 0.408 e. The molecule has 0 aromatic heterocycles. The van der Waals surface area contributed by atoms with Gasteiger partial charge in [0.05, 0.1) is 5.92 Å². The Kier molecular flexibility index (Phi) is 8.53. The van der Waals surface area contributed by atoms with Gasteiger partial charge in [0, 0.05) is 18.7 Å². The molecule has 0 bridgehead atoms. The van der Waals surface area contributed by atoms with Crippen molar-refractivity contribution >= 4 is 23.9 Å². The summed E-state index contributed by atoms with van der Waals surface area (Å²) in [5.74, 6) is -2.30. The van der Waals surface area contributed by atoms with Crippen LogP contribution in [0.3, 0.4) is 0 Å². The molecule has 0 spiro atoms. The highest BCUT2D eigenvalue weighted by atomic mass is 16.6. The van der Waals surface area contributed by atoms with E-state index in [0.29, 0.717) is 32.2 Å².